The number of aromatic nitrogens is 2. The molecule has 4 heteroatoms. The molecule has 2 rings (SSSR count). The third-order valence-electron chi connectivity index (χ3n) is 2.93. The third kappa shape index (κ3) is 2.20. The molecule has 88 valence electrons. The summed E-state index contributed by atoms with van der Waals surface area (Å²) in [5.74, 6) is 0.745. The van der Waals surface area contributed by atoms with Crippen molar-refractivity contribution in [1.82, 2.24) is 9.97 Å². The zero-order valence-electron chi connectivity index (χ0n) is 9.79. The fourth-order valence-electron chi connectivity index (χ4n) is 2.12. The van der Waals surface area contributed by atoms with E-state index in [1.54, 1.807) is 0 Å². The highest BCUT2D eigenvalue weighted by atomic mass is 35.5. The first-order valence-electron chi connectivity index (χ1n) is 5.93. The molecule has 16 heavy (non-hydrogen) atoms. The summed E-state index contributed by atoms with van der Waals surface area (Å²) in [6.07, 6.45) is 4.03. The molecule has 0 amide bonds. The number of nitrogens with zero attached hydrogens (tertiary/aromatic N) is 2. The molecule has 0 spiro atoms. The van der Waals surface area contributed by atoms with Crippen molar-refractivity contribution >= 4 is 11.6 Å². The fourth-order valence-corrected chi connectivity index (χ4v) is 2.41. The SMILES string of the molecule is CCOC(CC)c1nc(Cl)c2c(n1)CCC2. The lowest BCUT2D eigenvalue weighted by molar-refractivity contribution is 0.0533. The molecule has 0 radical (unpaired) electrons. The number of fused-ring (bicyclic) bond motifs is 1. The minimum atomic E-state index is -0.0200. The Hall–Kier alpha value is -0.670. The van der Waals surface area contributed by atoms with Gasteiger partial charge in [-0.1, -0.05) is 18.5 Å². The number of hydrogen-bond donors (Lipinski definition) is 0. The Labute approximate surface area is 101 Å². The van der Waals surface area contributed by atoms with E-state index in [-0.39, 0.29) is 6.10 Å². The smallest absolute Gasteiger partial charge is 0.159 e. The second-order valence-electron chi connectivity index (χ2n) is 4.00. The summed E-state index contributed by atoms with van der Waals surface area (Å²) in [4.78, 5) is 8.95. The van der Waals surface area contributed by atoms with Crippen LogP contribution in [0.1, 0.15) is 49.9 Å². The van der Waals surface area contributed by atoms with Crippen LogP contribution in [0.4, 0.5) is 0 Å². The zero-order chi connectivity index (χ0) is 11.5. The Bertz CT molecular complexity index is 382. The zero-order valence-corrected chi connectivity index (χ0v) is 10.5. The van der Waals surface area contributed by atoms with E-state index in [0.29, 0.717) is 11.8 Å². The standard InChI is InChI=1S/C12H17ClN2O/c1-3-10(16-4-2)12-14-9-7-5-6-8(9)11(13)15-12/h10H,3-7H2,1-2H3. The lowest BCUT2D eigenvalue weighted by Crippen LogP contribution is -2.10. The molecule has 0 saturated heterocycles. The number of halogens is 1. The van der Waals surface area contributed by atoms with Gasteiger partial charge in [-0.25, -0.2) is 9.97 Å². The van der Waals surface area contributed by atoms with Gasteiger partial charge in [0.1, 0.15) is 11.3 Å². The minimum absolute atomic E-state index is 0.0200. The molecular weight excluding hydrogens is 224 g/mol. The van der Waals surface area contributed by atoms with Gasteiger partial charge in [0.05, 0.1) is 0 Å². The van der Waals surface area contributed by atoms with Gasteiger partial charge in [-0.2, -0.15) is 0 Å². The van der Waals surface area contributed by atoms with Crippen LogP contribution in [0.25, 0.3) is 0 Å². The molecule has 1 atom stereocenters. The van der Waals surface area contributed by atoms with E-state index in [9.17, 15) is 0 Å². The van der Waals surface area contributed by atoms with Gasteiger partial charge in [-0.15, -0.1) is 0 Å². The maximum atomic E-state index is 6.17. The van der Waals surface area contributed by atoms with E-state index in [4.69, 9.17) is 16.3 Å². The van der Waals surface area contributed by atoms with Crippen molar-refractivity contribution in [2.24, 2.45) is 0 Å². The highest BCUT2D eigenvalue weighted by Crippen LogP contribution is 2.28. The Kier molecular flexibility index (Phi) is 3.77. The Morgan fingerprint density at radius 2 is 2.12 bits per heavy atom. The summed E-state index contributed by atoms with van der Waals surface area (Å²) in [6, 6.07) is 0. The summed E-state index contributed by atoms with van der Waals surface area (Å²) in [6.45, 7) is 4.74. The van der Waals surface area contributed by atoms with Gasteiger partial charge in [0, 0.05) is 17.9 Å². The number of ether oxygens (including phenoxy) is 1. The van der Waals surface area contributed by atoms with E-state index in [1.807, 2.05) is 6.92 Å². The van der Waals surface area contributed by atoms with E-state index in [0.717, 1.165) is 42.8 Å². The summed E-state index contributed by atoms with van der Waals surface area (Å²) < 4.78 is 5.61. The largest absolute Gasteiger partial charge is 0.371 e. The lowest BCUT2D eigenvalue weighted by atomic mass is 10.2. The molecule has 1 aromatic heterocycles. The fraction of sp³-hybridized carbons (Fsp3) is 0.667. The summed E-state index contributed by atoms with van der Waals surface area (Å²) >= 11 is 6.17. The van der Waals surface area contributed by atoms with E-state index in [2.05, 4.69) is 16.9 Å². The first-order chi connectivity index (χ1) is 7.76. The maximum absolute atomic E-state index is 6.17. The van der Waals surface area contributed by atoms with Gasteiger partial charge in [-0.05, 0) is 32.6 Å². The lowest BCUT2D eigenvalue weighted by Gasteiger charge is -2.14. The molecule has 0 saturated carbocycles. The van der Waals surface area contributed by atoms with Crippen molar-refractivity contribution in [1.29, 1.82) is 0 Å². The van der Waals surface area contributed by atoms with E-state index < -0.39 is 0 Å². The van der Waals surface area contributed by atoms with Gasteiger partial charge in [0.25, 0.3) is 0 Å². The van der Waals surface area contributed by atoms with Crippen LogP contribution < -0.4 is 0 Å². The monoisotopic (exact) mass is 240 g/mol. The highest BCUT2D eigenvalue weighted by Gasteiger charge is 2.21. The first-order valence-corrected chi connectivity index (χ1v) is 6.30. The molecular formula is C12H17ClN2O. The van der Waals surface area contributed by atoms with E-state index >= 15 is 0 Å². The first kappa shape index (κ1) is 11.8. The van der Waals surface area contributed by atoms with Crippen molar-refractivity contribution < 1.29 is 4.74 Å². The second-order valence-corrected chi connectivity index (χ2v) is 4.36. The van der Waals surface area contributed by atoms with Crippen LogP contribution in [0.15, 0.2) is 0 Å². The van der Waals surface area contributed by atoms with Crippen molar-refractivity contribution in [3.63, 3.8) is 0 Å². The average Bonchev–Trinajstić information content (AvgIpc) is 2.74. The quantitative estimate of drug-likeness (QED) is 0.759. The van der Waals surface area contributed by atoms with Gasteiger partial charge in [0.2, 0.25) is 0 Å². The van der Waals surface area contributed by atoms with Crippen LogP contribution in [-0.4, -0.2) is 16.6 Å². The van der Waals surface area contributed by atoms with Crippen LogP contribution in [0.2, 0.25) is 5.15 Å². The molecule has 3 nitrogen and oxygen atoms in total. The van der Waals surface area contributed by atoms with Crippen LogP contribution in [0.3, 0.4) is 0 Å². The molecule has 1 aliphatic carbocycles. The van der Waals surface area contributed by atoms with Crippen LogP contribution in [0.5, 0.6) is 0 Å². The van der Waals surface area contributed by atoms with Gasteiger partial charge in [0.15, 0.2) is 5.82 Å². The number of hydrogen-bond acceptors (Lipinski definition) is 3. The Morgan fingerprint density at radius 1 is 1.31 bits per heavy atom. The maximum Gasteiger partial charge on any atom is 0.159 e. The van der Waals surface area contributed by atoms with Gasteiger partial charge >= 0.3 is 0 Å². The normalized spacial score (nSPS) is 16.2. The Morgan fingerprint density at radius 3 is 2.81 bits per heavy atom. The van der Waals surface area contributed by atoms with Gasteiger partial charge < -0.3 is 4.74 Å². The molecule has 0 bridgehead atoms. The number of rotatable bonds is 4. The highest BCUT2D eigenvalue weighted by molar-refractivity contribution is 6.30. The van der Waals surface area contributed by atoms with Crippen LogP contribution >= 0.6 is 11.6 Å². The van der Waals surface area contributed by atoms with Crippen molar-refractivity contribution in [2.75, 3.05) is 6.61 Å². The number of aryl methyl sites for hydroxylation is 1. The average molecular weight is 241 g/mol. The molecule has 1 unspecified atom stereocenters. The predicted octanol–water partition coefficient (Wildman–Crippen LogP) is 3.11. The van der Waals surface area contributed by atoms with Crippen molar-refractivity contribution in [2.45, 2.75) is 45.6 Å². The molecule has 0 fully saturated rings. The third-order valence-corrected chi connectivity index (χ3v) is 3.24. The van der Waals surface area contributed by atoms with Crippen molar-refractivity contribution in [3.8, 4) is 0 Å². The van der Waals surface area contributed by atoms with E-state index in [1.165, 1.54) is 0 Å². The molecule has 1 heterocycles. The molecule has 0 N–H and O–H groups in total. The summed E-state index contributed by atoms with van der Waals surface area (Å²) in [7, 11) is 0. The molecule has 1 aromatic rings. The van der Waals surface area contributed by atoms with Crippen LogP contribution in [0, 0.1) is 0 Å². The molecule has 0 aromatic carbocycles. The summed E-state index contributed by atoms with van der Waals surface area (Å²) in [5, 5.41) is 0.621. The summed E-state index contributed by atoms with van der Waals surface area (Å²) in [5.41, 5.74) is 2.25. The minimum Gasteiger partial charge on any atom is -0.371 e. The Balaban J connectivity index is 2.31. The van der Waals surface area contributed by atoms with Crippen LogP contribution in [-0.2, 0) is 17.6 Å². The predicted molar refractivity (Wildman–Crippen MR) is 63.7 cm³/mol. The van der Waals surface area contributed by atoms with Crippen molar-refractivity contribution in [3.05, 3.63) is 22.2 Å². The molecule has 1 aliphatic rings. The topological polar surface area (TPSA) is 35.0 Å². The van der Waals surface area contributed by atoms with Gasteiger partial charge in [-0.3, -0.25) is 0 Å². The molecule has 0 aliphatic heterocycles. The second kappa shape index (κ2) is 5.11.